The van der Waals surface area contributed by atoms with Crippen molar-refractivity contribution in [1.29, 1.82) is 0 Å². The van der Waals surface area contributed by atoms with Crippen LogP contribution in [0.25, 0.3) is 55.2 Å². The van der Waals surface area contributed by atoms with Gasteiger partial charge in [-0.15, -0.1) is 0 Å². The monoisotopic (exact) mass is 401 g/mol. The Kier molecular flexibility index (Phi) is 3.96. The van der Waals surface area contributed by atoms with Crippen LogP contribution < -0.4 is 0 Å². The SMILES string of the molecule is Fc1cccc(-c2cccc(-c3ccc4ccc5ccc6cccnc6c5c4n3)n2)c1. The molecule has 3 heterocycles. The van der Waals surface area contributed by atoms with Crippen LogP contribution in [-0.2, 0) is 0 Å². The number of fused-ring (bicyclic) bond motifs is 5. The molecule has 0 aliphatic carbocycles. The van der Waals surface area contributed by atoms with Gasteiger partial charge < -0.3 is 0 Å². The smallest absolute Gasteiger partial charge is 0.123 e. The fourth-order valence-electron chi connectivity index (χ4n) is 4.06. The molecule has 0 spiro atoms. The minimum atomic E-state index is -0.278. The largest absolute Gasteiger partial charge is 0.256 e. The average molecular weight is 401 g/mol. The van der Waals surface area contributed by atoms with Crippen molar-refractivity contribution in [2.24, 2.45) is 0 Å². The molecule has 0 radical (unpaired) electrons. The maximum Gasteiger partial charge on any atom is 0.123 e. The van der Waals surface area contributed by atoms with Gasteiger partial charge in [0.25, 0.3) is 0 Å². The third-order valence-corrected chi connectivity index (χ3v) is 5.54. The summed E-state index contributed by atoms with van der Waals surface area (Å²) >= 11 is 0. The lowest BCUT2D eigenvalue weighted by molar-refractivity contribution is 0.628. The Morgan fingerprint density at radius 2 is 1.26 bits per heavy atom. The second kappa shape index (κ2) is 6.96. The van der Waals surface area contributed by atoms with E-state index in [9.17, 15) is 4.39 Å². The van der Waals surface area contributed by atoms with E-state index in [0.717, 1.165) is 49.5 Å². The van der Waals surface area contributed by atoms with E-state index in [0.29, 0.717) is 5.69 Å². The molecule has 0 aliphatic rings. The van der Waals surface area contributed by atoms with Crippen LogP contribution in [0.1, 0.15) is 0 Å². The molecule has 31 heavy (non-hydrogen) atoms. The van der Waals surface area contributed by atoms with Crippen LogP contribution in [0.3, 0.4) is 0 Å². The van der Waals surface area contributed by atoms with Crippen molar-refractivity contribution >= 4 is 32.6 Å². The summed E-state index contributed by atoms with van der Waals surface area (Å²) in [5.74, 6) is -0.278. The number of rotatable bonds is 2. The van der Waals surface area contributed by atoms with Gasteiger partial charge in [-0.05, 0) is 41.8 Å². The van der Waals surface area contributed by atoms with Crippen molar-refractivity contribution in [2.45, 2.75) is 0 Å². The van der Waals surface area contributed by atoms with E-state index >= 15 is 0 Å². The summed E-state index contributed by atoms with van der Waals surface area (Å²) in [4.78, 5) is 14.4. The summed E-state index contributed by atoms with van der Waals surface area (Å²) in [5, 5.41) is 4.28. The summed E-state index contributed by atoms with van der Waals surface area (Å²) in [5.41, 5.74) is 4.81. The van der Waals surface area contributed by atoms with E-state index in [2.05, 4.69) is 41.4 Å². The molecule has 6 rings (SSSR count). The minimum Gasteiger partial charge on any atom is -0.256 e. The molecule has 3 nitrogen and oxygen atoms in total. The van der Waals surface area contributed by atoms with Crippen LogP contribution in [0.4, 0.5) is 4.39 Å². The quantitative estimate of drug-likeness (QED) is 0.299. The summed E-state index contributed by atoms with van der Waals surface area (Å²) in [7, 11) is 0. The van der Waals surface area contributed by atoms with Crippen LogP contribution in [-0.4, -0.2) is 15.0 Å². The lowest BCUT2D eigenvalue weighted by Gasteiger charge is -2.09. The number of benzene rings is 3. The van der Waals surface area contributed by atoms with Gasteiger partial charge in [-0.25, -0.2) is 14.4 Å². The van der Waals surface area contributed by atoms with E-state index in [-0.39, 0.29) is 5.82 Å². The molecular formula is C27H16FN3. The molecule has 0 fully saturated rings. The number of hydrogen-bond acceptors (Lipinski definition) is 3. The van der Waals surface area contributed by atoms with Crippen LogP contribution in [0.2, 0.25) is 0 Å². The maximum atomic E-state index is 13.7. The predicted octanol–water partition coefficient (Wildman–Crippen LogP) is 6.80. The molecule has 3 aromatic carbocycles. The van der Waals surface area contributed by atoms with Crippen LogP contribution >= 0.6 is 0 Å². The Hall–Kier alpha value is -4.18. The fraction of sp³-hybridized carbons (Fsp3) is 0. The van der Waals surface area contributed by atoms with Gasteiger partial charge in [0, 0.05) is 27.9 Å². The number of halogens is 1. The lowest BCUT2D eigenvalue weighted by atomic mass is 10.0. The molecule has 0 bridgehead atoms. The summed E-state index contributed by atoms with van der Waals surface area (Å²) in [6.07, 6.45) is 1.81. The molecule has 0 saturated heterocycles. The molecule has 0 unspecified atom stereocenters. The molecule has 6 aromatic rings. The van der Waals surface area contributed by atoms with Crippen molar-refractivity contribution in [2.75, 3.05) is 0 Å². The van der Waals surface area contributed by atoms with Crippen molar-refractivity contribution in [3.63, 3.8) is 0 Å². The van der Waals surface area contributed by atoms with Crippen LogP contribution in [0.5, 0.6) is 0 Å². The summed E-state index contributed by atoms with van der Waals surface area (Å²) < 4.78 is 13.7. The summed E-state index contributed by atoms with van der Waals surface area (Å²) in [6, 6.07) is 28.6. The van der Waals surface area contributed by atoms with Gasteiger partial charge in [0.05, 0.1) is 28.1 Å². The standard InChI is InChI=1S/C27H16FN3/c28-21-6-1-4-20(16-21)22-7-2-8-23(30-22)24-14-13-19-12-10-17-9-11-18-5-3-15-29-26(18)25(17)27(19)31-24/h1-16H. The highest BCUT2D eigenvalue weighted by Gasteiger charge is 2.11. The molecular weight excluding hydrogens is 385 g/mol. The maximum absolute atomic E-state index is 13.7. The van der Waals surface area contributed by atoms with Gasteiger partial charge in [0.2, 0.25) is 0 Å². The molecule has 0 amide bonds. The molecule has 146 valence electrons. The van der Waals surface area contributed by atoms with Crippen molar-refractivity contribution in [3.05, 3.63) is 103 Å². The van der Waals surface area contributed by atoms with Gasteiger partial charge in [-0.1, -0.05) is 54.6 Å². The first-order valence-corrected chi connectivity index (χ1v) is 10.1. The molecule has 4 heteroatoms. The number of pyridine rings is 3. The van der Waals surface area contributed by atoms with Crippen molar-refractivity contribution < 1.29 is 4.39 Å². The van der Waals surface area contributed by atoms with Gasteiger partial charge in [0.1, 0.15) is 5.82 Å². The van der Waals surface area contributed by atoms with Gasteiger partial charge in [-0.3, -0.25) is 4.98 Å². The number of aromatic nitrogens is 3. The minimum absolute atomic E-state index is 0.278. The topological polar surface area (TPSA) is 38.7 Å². The molecule has 0 atom stereocenters. The predicted molar refractivity (Wildman–Crippen MR) is 123 cm³/mol. The van der Waals surface area contributed by atoms with E-state index in [1.165, 1.54) is 12.1 Å². The highest BCUT2D eigenvalue weighted by Crippen LogP contribution is 2.31. The van der Waals surface area contributed by atoms with Crippen molar-refractivity contribution in [1.82, 2.24) is 15.0 Å². The zero-order chi connectivity index (χ0) is 20.8. The molecule has 0 aliphatic heterocycles. The zero-order valence-electron chi connectivity index (χ0n) is 16.5. The fourth-order valence-corrected chi connectivity index (χ4v) is 4.06. The second-order valence-electron chi connectivity index (χ2n) is 7.49. The molecule has 0 N–H and O–H groups in total. The zero-order valence-corrected chi connectivity index (χ0v) is 16.5. The van der Waals surface area contributed by atoms with E-state index in [1.54, 1.807) is 6.07 Å². The normalized spacial score (nSPS) is 11.4. The Balaban J connectivity index is 1.58. The first-order chi connectivity index (χ1) is 15.3. The van der Waals surface area contributed by atoms with Crippen LogP contribution in [0.15, 0.2) is 97.2 Å². The average Bonchev–Trinajstić information content (AvgIpc) is 2.83. The number of nitrogens with zero attached hydrogens (tertiary/aromatic N) is 3. The Morgan fingerprint density at radius 1 is 0.548 bits per heavy atom. The number of hydrogen-bond donors (Lipinski definition) is 0. The first-order valence-electron chi connectivity index (χ1n) is 10.1. The molecule has 0 saturated carbocycles. The third-order valence-electron chi connectivity index (χ3n) is 5.54. The van der Waals surface area contributed by atoms with E-state index in [4.69, 9.17) is 9.97 Å². The lowest BCUT2D eigenvalue weighted by Crippen LogP contribution is -1.92. The van der Waals surface area contributed by atoms with Crippen molar-refractivity contribution in [3.8, 4) is 22.6 Å². The Labute approximate surface area is 177 Å². The Bertz CT molecular complexity index is 1600. The third kappa shape index (κ3) is 3.01. The summed E-state index contributed by atoms with van der Waals surface area (Å²) in [6.45, 7) is 0. The van der Waals surface area contributed by atoms with Crippen LogP contribution in [0, 0.1) is 5.82 Å². The second-order valence-corrected chi connectivity index (χ2v) is 7.49. The first kappa shape index (κ1) is 17.7. The van der Waals surface area contributed by atoms with Gasteiger partial charge in [-0.2, -0.15) is 0 Å². The molecule has 3 aromatic heterocycles. The van der Waals surface area contributed by atoms with Gasteiger partial charge >= 0.3 is 0 Å². The van der Waals surface area contributed by atoms with E-state index in [1.807, 2.05) is 42.6 Å². The van der Waals surface area contributed by atoms with E-state index < -0.39 is 0 Å². The Morgan fingerprint density at radius 3 is 2.13 bits per heavy atom. The highest BCUT2D eigenvalue weighted by atomic mass is 19.1. The highest BCUT2D eigenvalue weighted by molar-refractivity contribution is 6.17. The van der Waals surface area contributed by atoms with Gasteiger partial charge in [0.15, 0.2) is 0 Å².